The molecule has 1 aliphatic heterocycles. The summed E-state index contributed by atoms with van der Waals surface area (Å²) in [6.07, 6.45) is 4.26. The van der Waals surface area contributed by atoms with Gasteiger partial charge in [-0.3, -0.25) is 14.9 Å². The zero-order valence-electron chi connectivity index (χ0n) is 12.6. The predicted octanol–water partition coefficient (Wildman–Crippen LogP) is 0.247. The lowest BCUT2D eigenvalue weighted by atomic mass is 10.1. The minimum atomic E-state index is -0.633. The summed E-state index contributed by atoms with van der Waals surface area (Å²) in [5.41, 5.74) is 2.71. The van der Waals surface area contributed by atoms with E-state index in [1.54, 1.807) is 0 Å². The Morgan fingerprint density at radius 1 is 1.35 bits per heavy atom. The number of fused-ring (bicyclic) bond motifs is 1. The molecule has 0 spiro atoms. The summed E-state index contributed by atoms with van der Waals surface area (Å²) in [7, 11) is 0. The van der Waals surface area contributed by atoms with Crippen molar-refractivity contribution in [3.8, 4) is 0 Å². The van der Waals surface area contributed by atoms with Crippen LogP contribution in [0, 0.1) is 6.92 Å². The second-order valence-corrected chi connectivity index (χ2v) is 5.53. The number of amides is 4. The number of urea groups is 1. The Morgan fingerprint density at radius 3 is 2.91 bits per heavy atom. The molecule has 0 bridgehead atoms. The van der Waals surface area contributed by atoms with Crippen molar-refractivity contribution >= 4 is 23.5 Å². The van der Waals surface area contributed by atoms with E-state index in [1.807, 2.05) is 35.9 Å². The second-order valence-electron chi connectivity index (χ2n) is 5.53. The maximum Gasteiger partial charge on any atom is 0.322 e. The molecule has 0 radical (unpaired) electrons. The maximum absolute atomic E-state index is 11.8. The fourth-order valence-corrected chi connectivity index (χ4v) is 2.46. The number of imidazole rings is 1. The van der Waals surface area contributed by atoms with E-state index in [2.05, 4.69) is 20.9 Å². The van der Waals surface area contributed by atoms with Crippen molar-refractivity contribution in [2.75, 3.05) is 0 Å². The minimum absolute atomic E-state index is 0.158. The number of nitrogens with zero attached hydrogens (tertiary/aromatic N) is 2. The molecule has 1 fully saturated rings. The Morgan fingerprint density at radius 2 is 2.17 bits per heavy atom. The first-order chi connectivity index (χ1) is 11.0. The van der Waals surface area contributed by atoms with Crippen LogP contribution in [0.25, 0.3) is 5.65 Å². The molecule has 1 aliphatic rings. The lowest BCUT2D eigenvalue weighted by Crippen LogP contribution is -2.31. The third kappa shape index (κ3) is 3.47. The van der Waals surface area contributed by atoms with Crippen molar-refractivity contribution < 1.29 is 14.4 Å². The van der Waals surface area contributed by atoms with Crippen molar-refractivity contribution in [1.82, 2.24) is 25.3 Å². The van der Waals surface area contributed by atoms with E-state index in [-0.39, 0.29) is 18.7 Å². The number of aromatic nitrogens is 2. The molecule has 3 heterocycles. The number of nitrogens with one attached hydrogen (secondary N) is 3. The molecule has 3 N–H and O–H groups in total. The van der Waals surface area contributed by atoms with Crippen LogP contribution in [-0.4, -0.2) is 33.3 Å². The predicted molar refractivity (Wildman–Crippen MR) is 81.5 cm³/mol. The van der Waals surface area contributed by atoms with Gasteiger partial charge in [0.2, 0.25) is 5.91 Å². The zero-order chi connectivity index (χ0) is 16.4. The molecule has 1 saturated heterocycles. The van der Waals surface area contributed by atoms with Gasteiger partial charge in [-0.15, -0.1) is 0 Å². The molecule has 8 heteroatoms. The molecule has 0 saturated carbocycles. The number of hydrogen-bond acceptors (Lipinski definition) is 4. The van der Waals surface area contributed by atoms with Crippen LogP contribution in [0.4, 0.5) is 4.79 Å². The van der Waals surface area contributed by atoms with Gasteiger partial charge in [0.15, 0.2) is 0 Å². The number of aryl methyl sites for hydroxylation is 1. The number of carbonyl (C=O) groups is 3. The SMILES string of the molecule is Cc1ccc2nc(CNC(=O)CCC3NC(=O)NC3=O)cn2c1. The molecule has 23 heavy (non-hydrogen) atoms. The Hall–Kier alpha value is -2.90. The third-order valence-corrected chi connectivity index (χ3v) is 3.63. The van der Waals surface area contributed by atoms with E-state index in [4.69, 9.17) is 0 Å². The van der Waals surface area contributed by atoms with Gasteiger partial charge in [-0.1, -0.05) is 6.07 Å². The van der Waals surface area contributed by atoms with Crippen molar-refractivity contribution in [2.24, 2.45) is 0 Å². The molecule has 2 aromatic heterocycles. The summed E-state index contributed by atoms with van der Waals surface area (Å²) in [6.45, 7) is 2.32. The fourth-order valence-electron chi connectivity index (χ4n) is 2.46. The molecular weight excluding hydrogens is 298 g/mol. The van der Waals surface area contributed by atoms with Crippen LogP contribution in [0.5, 0.6) is 0 Å². The van der Waals surface area contributed by atoms with E-state index >= 15 is 0 Å². The summed E-state index contributed by atoms with van der Waals surface area (Å²) >= 11 is 0. The van der Waals surface area contributed by atoms with Crippen molar-refractivity contribution in [3.63, 3.8) is 0 Å². The highest BCUT2D eigenvalue weighted by atomic mass is 16.2. The van der Waals surface area contributed by atoms with Gasteiger partial charge in [-0.25, -0.2) is 9.78 Å². The van der Waals surface area contributed by atoms with Gasteiger partial charge in [-0.05, 0) is 25.0 Å². The molecule has 1 atom stereocenters. The van der Waals surface area contributed by atoms with Gasteiger partial charge in [0.25, 0.3) is 5.91 Å². The van der Waals surface area contributed by atoms with Crippen LogP contribution in [0.3, 0.4) is 0 Å². The largest absolute Gasteiger partial charge is 0.350 e. The summed E-state index contributed by atoms with van der Waals surface area (Å²) in [4.78, 5) is 38.6. The molecule has 120 valence electrons. The maximum atomic E-state index is 11.8. The Bertz CT molecular complexity index is 783. The average molecular weight is 315 g/mol. The molecule has 1 unspecified atom stereocenters. The Labute approximate surface area is 132 Å². The molecular formula is C15H17N5O3. The minimum Gasteiger partial charge on any atom is -0.350 e. The van der Waals surface area contributed by atoms with E-state index in [1.165, 1.54) is 0 Å². The monoisotopic (exact) mass is 315 g/mol. The van der Waals surface area contributed by atoms with Gasteiger partial charge >= 0.3 is 6.03 Å². The first-order valence-electron chi connectivity index (χ1n) is 7.33. The van der Waals surface area contributed by atoms with Crippen LogP contribution in [0.15, 0.2) is 24.5 Å². The molecule has 3 rings (SSSR count). The lowest BCUT2D eigenvalue weighted by Gasteiger charge is -2.07. The van der Waals surface area contributed by atoms with Crippen molar-refractivity contribution in [2.45, 2.75) is 32.4 Å². The Kier molecular flexibility index (Phi) is 3.96. The van der Waals surface area contributed by atoms with Crippen molar-refractivity contribution in [1.29, 1.82) is 0 Å². The summed E-state index contributed by atoms with van der Waals surface area (Å²) in [5, 5.41) is 7.36. The first kappa shape index (κ1) is 15.0. The van der Waals surface area contributed by atoms with Crippen molar-refractivity contribution in [3.05, 3.63) is 35.8 Å². The lowest BCUT2D eigenvalue weighted by molar-refractivity contribution is -0.122. The van der Waals surface area contributed by atoms with Gasteiger partial charge < -0.3 is 15.0 Å². The highest BCUT2D eigenvalue weighted by Gasteiger charge is 2.29. The normalized spacial score (nSPS) is 17.2. The van der Waals surface area contributed by atoms with E-state index in [0.29, 0.717) is 6.54 Å². The van der Waals surface area contributed by atoms with E-state index < -0.39 is 18.0 Å². The van der Waals surface area contributed by atoms with Crippen LogP contribution in [0.1, 0.15) is 24.1 Å². The van der Waals surface area contributed by atoms with Crippen LogP contribution >= 0.6 is 0 Å². The van der Waals surface area contributed by atoms with E-state index in [0.717, 1.165) is 16.9 Å². The zero-order valence-corrected chi connectivity index (χ0v) is 12.6. The van der Waals surface area contributed by atoms with Crippen LogP contribution < -0.4 is 16.0 Å². The third-order valence-electron chi connectivity index (χ3n) is 3.63. The van der Waals surface area contributed by atoms with Gasteiger partial charge in [0, 0.05) is 18.8 Å². The molecule has 0 aromatic carbocycles. The number of pyridine rings is 1. The highest BCUT2D eigenvalue weighted by Crippen LogP contribution is 2.07. The van der Waals surface area contributed by atoms with Gasteiger partial charge in [-0.2, -0.15) is 0 Å². The number of hydrogen-bond donors (Lipinski definition) is 3. The fraction of sp³-hybridized carbons (Fsp3) is 0.333. The molecule has 0 aliphatic carbocycles. The summed E-state index contributed by atoms with van der Waals surface area (Å²) in [6, 6.07) is 2.75. The highest BCUT2D eigenvalue weighted by molar-refractivity contribution is 6.04. The Balaban J connectivity index is 1.50. The van der Waals surface area contributed by atoms with Gasteiger partial charge in [0.1, 0.15) is 11.7 Å². The molecule has 4 amide bonds. The summed E-state index contributed by atoms with van der Waals surface area (Å²) < 4.78 is 1.91. The number of rotatable bonds is 5. The summed E-state index contributed by atoms with van der Waals surface area (Å²) in [5.74, 6) is -0.578. The van der Waals surface area contributed by atoms with Crippen LogP contribution in [-0.2, 0) is 16.1 Å². The van der Waals surface area contributed by atoms with Gasteiger partial charge in [0.05, 0.1) is 12.2 Å². The topological polar surface area (TPSA) is 105 Å². The first-order valence-corrected chi connectivity index (χ1v) is 7.33. The quantitative estimate of drug-likeness (QED) is 0.688. The number of carbonyl (C=O) groups excluding carboxylic acids is 3. The molecule has 2 aromatic rings. The smallest absolute Gasteiger partial charge is 0.322 e. The average Bonchev–Trinajstić information content (AvgIpc) is 3.04. The standard InChI is InChI=1S/C15H17N5O3/c1-9-2-4-12-17-10(8-20(12)7-9)6-16-13(21)5-3-11-14(22)19-15(23)18-11/h2,4,7-8,11H,3,5-6H2,1H3,(H,16,21)(H2,18,19,22,23). The van der Waals surface area contributed by atoms with E-state index in [9.17, 15) is 14.4 Å². The second kappa shape index (κ2) is 6.07. The molecule has 8 nitrogen and oxygen atoms in total. The van der Waals surface area contributed by atoms with Crippen LogP contribution in [0.2, 0.25) is 0 Å². The number of imide groups is 1.